The molecule has 0 bridgehead atoms. The molecule has 1 atom stereocenters. The molecule has 3 aromatic rings. The number of ether oxygens (including phenoxy) is 1. The summed E-state index contributed by atoms with van der Waals surface area (Å²) in [4.78, 5) is 63.8. The number of thioether (sulfide) groups is 1. The second-order valence-corrected chi connectivity index (χ2v) is 12.4. The Labute approximate surface area is 256 Å². The number of esters is 1. The Morgan fingerprint density at radius 3 is 2.35 bits per heavy atom. The van der Waals surface area contributed by atoms with Crippen molar-refractivity contribution >= 4 is 63.5 Å². The van der Waals surface area contributed by atoms with Crippen LogP contribution < -0.4 is 10.6 Å². The van der Waals surface area contributed by atoms with E-state index in [1.165, 1.54) is 36.3 Å². The molecule has 0 fully saturated rings. The number of carboxylic acids is 2. The minimum Gasteiger partial charge on any atom is -0.478 e. The number of anilines is 2. The highest BCUT2D eigenvalue weighted by Gasteiger charge is 2.28. The molecule has 1 heterocycles. The first-order chi connectivity index (χ1) is 20.6. The Balaban J connectivity index is 1.50. The summed E-state index contributed by atoms with van der Waals surface area (Å²) in [6.45, 7) is 1.88. The van der Waals surface area contributed by atoms with Crippen LogP contribution in [0.5, 0.6) is 0 Å². The van der Waals surface area contributed by atoms with Gasteiger partial charge in [0.25, 0.3) is 5.91 Å². The highest BCUT2D eigenvalue weighted by molar-refractivity contribution is 8.00. The van der Waals surface area contributed by atoms with E-state index in [-0.39, 0.29) is 17.0 Å². The van der Waals surface area contributed by atoms with E-state index in [0.29, 0.717) is 27.6 Å². The number of thiophene rings is 1. The average molecular weight is 625 g/mol. The van der Waals surface area contributed by atoms with Crippen molar-refractivity contribution in [3.8, 4) is 0 Å². The van der Waals surface area contributed by atoms with Crippen molar-refractivity contribution in [3.05, 3.63) is 75.2 Å². The van der Waals surface area contributed by atoms with Gasteiger partial charge in [0.15, 0.2) is 0 Å². The molecule has 2 amide bonds. The fourth-order valence-electron chi connectivity index (χ4n) is 4.90. The summed E-state index contributed by atoms with van der Waals surface area (Å²) in [6.07, 6.45) is 6.38. The lowest BCUT2D eigenvalue weighted by molar-refractivity contribution is -0.115. The molecule has 1 aliphatic carbocycles. The number of benzene rings is 2. The fourth-order valence-corrected chi connectivity index (χ4v) is 7.20. The molecule has 1 aliphatic rings. The average Bonchev–Trinajstić information content (AvgIpc) is 3.30. The van der Waals surface area contributed by atoms with Crippen LogP contribution in [0.4, 0.5) is 10.7 Å². The predicted molar refractivity (Wildman–Crippen MR) is 165 cm³/mol. The van der Waals surface area contributed by atoms with Crippen LogP contribution in [0.1, 0.15) is 90.9 Å². The molecule has 10 nitrogen and oxygen atoms in total. The highest BCUT2D eigenvalue weighted by atomic mass is 32.2. The van der Waals surface area contributed by atoms with Crippen LogP contribution in [0.2, 0.25) is 0 Å². The third kappa shape index (κ3) is 7.63. The van der Waals surface area contributed by atoms with Gasteiger partial charge in [-0.15, -0.1) is 23.1 Å². The Hall–Kier alpha value is -4.16. The summed E-state index contributed by atoms with van der Waals surface area (Å²) in [5.74, 6) is -4.17. The maximum atomic E-state index is 13.4. The van der Waals surface area contributed by atoms with Gasteiger partial charge in [-0.1, -0.05) is 25.8 Å². The van der Waals surface area contributed by atoms with E-state index < -0.39 is 34.6 Å². The molecule has 12 heteroatoms. The zero-order chi connectivity index (χ0) is 31.1. The zero-order valence-corrected chi connectivity index (χ0v) is 25.4. The van der Waals surface area contributed by atoms with E-state index in [2.05, 4.69) is 10.6 Å². The monoisotopic (exact) mass is 624 g/mol. The van der Waals surface area contributed by atoms with E-state index in [9.17, 15) is 29.1 Å². The van der Waals surface area contributed by atoms with Crippen molar-refractivity contribution in [2.24, 2.45) is 0 Å². The molecule has 0 spiro atoms. The number of methoxy groups -OCH3 is 1. The van der Waals surface area contributed by atoms with Crippen molar-refractivity contribution in [1.82, 2.24) is 0 Å². The first-order valence-electron chi connectivity index (χ1n) is 13.8. The fraction of sp³-hybridized carbons (Fsp3) is 0.323. The highest BCUT2D eigenvalue weighted by Crippen LogP contribution is 2.38. The van der Waals surface area contributed by atoms with Gasteiger partial charge in [0.1, 0.15) is 5.00 Å². The quantitative estimate of drug-likeness (QED) is 0.149. The second kappa shape index (κ2) is 14.3. The number of amides is 2. The SMILES string of the molecule is CCC(Sc1cccc(NC(=O)c2ccc(C(=O)O)cc2C(=O)O)c1)C(=O)Nc1sc2c(c1C(=O)OC)CCCCCC2. The number of hydrogen-bond acceptors (Lipinski definition) is 8. The number of carbonyl (C=O) groups excluding carboxylic acids is 3. The minimum atomic E-state index is -1.43. The van der Waals surface area contributed by atoms with Crippen molar-refractivity contribution in [1.29, 1.82) is 0 Å². The van der Waals surface area contributed by atoms with Crippen molar-refractivity contribution in [2.45, 2.75) is 62.0 Å². The number of carboxylic acid groups (broad SMARTS) is 2. The third-order valence-corrected chi connectivity index (χ3v) is 9.64. The van der Waals surface area contributed by atoms with Crippen LogP contribution in [-0.2, 0) is 22.4 Å². The van der Waals surface area contributed by atoms with E-state index in [1.54, 1.807) is 24.3 Å². The molecule has 0 saturated heterocycles. The summed E-state index contributed by atoms with van der Waals surface area (Å²) in [6, 6.07) is 10.0. The largest absolute Gasteiger partial charge is 0.478 e. The van der Waals surface area contributed by atoms with Gasteiger partial charge in [-0.05, 0) is 74.1 Å². The lowest BCUT2D eigenvalue weighted by Gasteiger charge is -2.16. The lowest BCUT2D eigenvalue weighted by Crippen LogP contribution is -2.25. The number of aromatic carboxylic acids is 2. The Morgan fingerprint density at radius 1 is 0.930 bits per heavy atom. The number of fused-ring (bicyclic) bond motifs is 1. The van der Waals surface area contributed by atoms with Gasteiger partial charge in [0.05, 0.1) is 34.6 Å². The van der Waals surface area contributed by atoms with Gasteiger partial charge in [0.2, 0.25) is 5.91 Å². The van der Waals surface area contributed by atoms with Gasteiger partial charge in [0, 0.05) is 15.5 Å². The van der Waals surface area contributed by atoms with Gasteiger partial charge in [-0.25, -0.2) is 14.4 Å². The summed E-state index contributed by atoms with van der Waals surface area (Å²) in [7, 11) is 1.34. The number of aryl methyl sites for hydroxylation is 1. The zero-order valence-electron chi connectivity index (χ0n) is 23.7. The molecule has 0 saturated carbocycles. The van der Waals surface area contributed by atoms with Crippen LogP contribution in [0.15, 0.2) is 47.4 Å². The van der Waals surface area contributed by atoms with E-state index >= 15 is 0 Å². The molecule has 1 aromatic heterocycles. The minimum absolute atomic E-state index is 0.187. The first-order valence-corrected chi connectivity index (χ1v) is 15.5. The van der Waals surface area contributed by atoms with Crippen LogP contribution in [0, 0.1) is 0 Å². The lowest BCUT2D eigenvalue weighted by atomic mass is 9.96. The molecule has 0 aliphatic heterocycles. The number of nitrogens with one attached hydrogen (secondary N) is 2. The summed E-state index contributed by atoms with van der Waals surface area (Å²) >= 11 is 2.73. The topological polar surface area (TPSA) is 159 Å². The molecule has 226 valence electrons. The molecule has 0 radical (unpaired) electrons. The summed E-state index contributed by atoms with van der Waals surface area (Å²) in [5, 5.41) is 24.3. The molecule has 2 aromatic carbocycles. The standard InChI is InChI=1S/C31H32N2O8S2/c1-3-23(27(35)33-28-25(31(40)41-2)21-11-6-4-5-7-12-24(21)43-28)42-19-10-8-9-18(16-19)32-26(34)20-14-13-17(29(36)37)15-22(20)30(38)39/h8-10,13-16,23H,3-7,11-12H2,1-2H3,(H,32,34)(H,33,35)(H,36,37)(H,38,39). The molecule has 1 unspecified atom stereocenters. The first kappa shape index (κ1) is 31.8. The Bertz CT molecular complexity index is 1570. The van der Waals surface area contributed by atoms with Crippen molar-refractivity contribution in [3.63, 3.8) is 0 Å². The number of carbonyl (C=O) groups is 5. The number of rotatable bonds is 10. The predicted octanol–water partition coefficient (Wildman–Crippen LogP) is 6.35. The van der Waals surface area contributed by atoms with Crippen LogP contribution >= 0.6 is 23.1 Å². The maximum absolute atomic E-state index is 13.4. The molecule has 4 rings (SSSR count). The molecular weight excluding hydrogens is 592 g/mol. The second-order valence-electron chi connectivity index (χ2n) is 9.97. The molecular formula is C31H32N2O8S2. The van der Waals surface area contributed by atoms with Crippen LogP contribution in [-0.4, -0.2) is 52.3 Å². The molecule has 4 N–H and O–H groups in total. The molecule has 43 heavy (non-hydrogen) atoms. The summed E-state index contributed by atoms with van der Waals surface area (Å²) < 4.78 is 5.07. The van der Waals surface area contributed by atoms with Gasteiger partial charge in [-0.2, -0.15) is 0 Å². The van der Waals surface area contributed by atoms with Crippen molar-refractivity contribution in [2.75, 3.05) is 17.7 Å². The number of hydrogen-bond donors (Lipinski definition) is 4. The van der Waals surface area contributed by atoms with Crippen LogP contribution in [0.25, 0.3) is 0 Å². The van der Waals surface area contributed by atoms with Gasteiger partial charge >= 0.3 is 17.9 Å². The smallest absolute Gasteiger partial charge is 0.341 e. The Morgan fingerprint density at radius 2 is 1.67 bits per heavy atom. The maximum Gasteiger partial charge on any atom is 0.341 e. The van der Waals surface area contributed by atoms with E-state index in [1.807, 2.05) is 6.92 Å². The van der Waals surface area contributed by atoms with E-state index in [4.69, 9.17) is 9.84 Å². The van der Waals surface area contributed by atoms with Gasteiger partial charge in [-0.3, -0.25) is 9.59 Å². The normalized spacial score (nSPS) is 13.5. The summed E-state index contributed by atoms with van der Waals surface area (Å²) in [5.41, 5.74) is 0.920. The van der Waals surface area contributed by atoms with Crippen molar-refractivity contribution < 1.29 is 38.9 Å². The van der Waals surface area contributed by atoms with Gasteiger partial charge < -0.3 is 25.6 Å². The van der Waals surface area contributed by atoms with Crippen LogP contribution in [0.3, 0.4) is 0 Å². The Kier molecular flexibility index (Phi) is 10.6. The van der Waals surface area contributed by atoms with E-state index in [0.717, 1.165) is 61.1 Å². The third-order valence-electron chi connectivity index (χ3n) is 7.07.